The van der Waals surface area contributed by atoms with E-state index in [4.69, 9.17) is 9.47 Å². The van der Waals surface area contributed by atoms with E-state index < -0.39 is 5.60 Å². The number of thioether (sulfide) groups is 1. The molecule has 2 heterocycles. The van der Waals surface area contributed by atoms with Crippen LogP contribution in [0.3, 0.4) is 0 Å². The second kappa shape index (κ2) is 3.98. The molecule has 2 aliphatic heterocycles. The molecule has 0 N–H and O–H groups in total. The van der Waals surface area contributed by atoms with Crippen molar-refractivity contribution < 1.29 is 14.3 Å². The first-order valence-corrected chi connectivity index (χ1v) is 6.72. The molecule has 2 saturated heterocycles. The largest absolute Gasteiger partial charge is 0.467 e. The molecule has 2 fully saturated rings. The molecular weight excluding hydrogens is 212 g/mol. The van der Waals surface area contributed by atoms with Crippen molar-refractivity contribution in [2.75, 3.05) is 18.6 Å². The number of hydrogen-bond acceptors (Lipinski definition) is 4. The fourth-order valence-corrected chi connectivity index (χ4v) is 3.70. The lowest BCUT2D eigenvalue weighted by atomic mass is 9.85. The Kier molecular flexibility index (Phi) is 2.99. The van der Waals surface area contributed by atoms with Crippen molar-refractivity contribution in [3.63, 3.8) is 0 Å². The normalized spacial score (nSPS) is 39.9. The van der Waals surface area contributed by atoms with Gasteiger partial charge in [-0.1, -0.05) is 6.92 Å². The van der Waals surface area contributed by atoms with Gasteiger partial charge in [-0.05, 0) is 37.2 Å². The number of ether oxygens (including phenoxy) is 2. The molecule has 15 heavy (non-hydrogen) atoms. The highest BCUT2D eigenvalue weighted by molar-refractivity contribution is 7.99. The van der Waals surface area contributed by atoms with Crippen molar-refractivity contribution in [3.05, 3.63) is 0 Å². The molecule has 0 aromatic carbocycles. The van der Waals surface area contributed by atoms with Crippen LogP contribution in [-0.4, -0.2) is 35.8 Å². The molecule has 2 rings (SSSR count). The molecule has 0 aromatic rings. The molecule has 2 unspecified atom stereocenters. The van der Waals surface area contributed by atoms with Gasteiger partial charge in [-0.2, -0.15) is 11.8 Å². The van der Waals surface area contributed by atoms with Gasteiger partial charge in [-0.15, -0.1) is 0 Å². The van der Waals surface area contributed by atoms with Gasteiger partial charge in [0.15, 0.2) is 5.60 Å². The van der Waals surface area contributed by atoms with Crippen LogP contribution >= 0.6 is 11.8 Å². The van der Waals surface area contributed by atoms with Crippen molar-refractivity contribution in [3.8, 4) is 0 Å². The third kappa shape index (κ3) is 1.58. The molecule has 0 aliphatic carbocycles. The molecule has 4 heteroatoms. The molecule has 0 aromatic heterocycles. The van der Waals surface area contributed by atoms with E-state index in [1.54, 1.807) is 0 Å². The summed E-state index contributed by atoms with van der Waals surface area (Å²) in [5.41, 5.74) is -0.814. The highest BCUT2D eigenvalue weighted by atomic mass is 32.2. The van der Waals surface area contributed by atoms with Crippen molar-refractivity contribution in [1.29, 1.82) is 0 Å². The van der Waals surface area contributed by atoms with E-state index in [1.807, 2.05) is 18.7 Å². The Bertz CT molecular complexity index is 259. The van der Waals surface area contributed by atoms with Gasteiger partial charge in [0, 0.05) is 0 Å². The molecule has 3 nitrogen and oxygen atoms in total. The summed E-state index contributed by atoms with van der Waals surface area (Å²) in [5.74, 6) is 2.10. The number of esters is 1. The number of epoxide rings is 1. The Labute approximate surface area is 94.9 Å². The molecule has 2 atom stereocenters. The van der Waals surface area contributed by atoms with Crippen molar-refractivity contribution in [1.82, 2.24) is 0 Å². The number of hydrogen-bond donors (Lipinski definition) is 0. The molecule has 2 aliphatic rings. The van der Waals surface area contributed by atoms with Crippen LogP contribution in [0.1, 0.15) is 32.6 Å². The molecular formula is C11H18O3S. The van der Waals surface area contributed by atoms with Crippen LogP contribution in [0.2, 0.25) is 0 Å². The summed E-state index contributed by atoms with van der Waals surface area (Å²) in [5, 5.41) is 0. The monoisotopic (exact) mass is 230 g/mol. The SMILES string of the molecule is CCC1(C(=O)OC)OC12CCCSCC2. The maximum absolute atomic E-state index is 11.8. The zero-order chi connectivity index (χ0) is 10.9. The maximum atomic E-state index is 11.8. The van der Waals surface area contributed by atoms with E-state index >= 15 is 0 Å². The van der Waals surface area contributed by atoms with Gasteiger partial charge in [0.1, 0.15) is 5.60 Å². The van der Waals surface area contributed by atoms with E-state index in [9.17, 15) is 4.79 Å². The van der Waals surface area contributed by atoms with Crippen LogP contribution in [0.5, 0.6) is 0 Å². The van der Waals surface area contributed by atoms with Crippen molar-refractivity contribution in [2.24, 2.45) is 0 Å². The van der Waals surface area contributed by atoms with E-state index in [-0.39, 0.29) is 11.6 Å². The Hall–Kier alpha value is -0.220. The van der Waals surface area contributed by atoms with Crippen LogP contribution in [0.4, 0.5) is 0 Å². The fraction of sp³-hybridized carbons (Fsp3) is 0.909. The zero-order valence-electron chi connectivity index (χ0n) is 9.38. The molecule has 0 radical (unpaired) electrons. The summed E-state index contributed by atoms with van der Waals surface area (Å²) in [6, 6.07) is 0. The second-order valence-corrected chi connectivity index (χ2v) is 5.46. The fourth-order valence-electron chi connectivity index (χ4n) is 2.67. The summed E-state index contributed by atoms with van der Waals surface area (Å²) < 4.78 is 10.7. The zero-order valence-corrected chi connectivity index (χ0v) is 10.2. The summed E-state index contributed by atoms with van der Waals surface area (Å²) in [6.07, 6.45) is 3.86. The lowest BCUT2D eigenvalue weighted by Gasteiger charge is -2.14. The molecule has 0 bridgehead atoms. The second-order valence-electron chi connectivity index (χ2n) is 4.23. The first kappa shape index (κ1) is 11.3. The lowest BCUT2D eigenvalue weighted by Crippen LogP contribution is -2.35. The van der Waals surface area contributed by atoms with E-state index in [1.165, 1.54) is 12.9 Å². The number of carbonyl (C=O) groups excluding carboxylic acids is 1. The quantitative estimate of drug-likeness (QED) is 0.537. The van der Waals surface area contributed by atoms with E-state index in [0.717, 1.165) is 31.4 Å². The average Bonchev–Trinajstić information content (AvgIpc) is 2.98. The summed E-state index contributed by atoms with van der Waals surface area (Å²) in [4.78, 5) is 11.8. The Morgan fingerprint density at radius 1 is 1.47 bits per heavy atom. The minimum atomic E-state index is -0.618. The van der Waals surface area contributed by atoms with Crippen molar-refractivity contribution >= 4 is 17.7 Å². The lowest BCUT2D eigenvalue weighted by molar-refractivity contribution is -0.147. The predicted octanol–water partition coefficient (Wildman–Crippen LogP) is 1.99. The average molecular weight is 230 g/mol. The van der Waals surface area contributed by atoms with Crippen LogP contribution in [0.15, 0.2) is 0 Å². The highest BCUT2D eigenvalue weighted by Crippen LogP contribution is 2.57. The Morgan fingerprint density at radius 3 is 2.93 bits per heavy atom. The molecule has 86 valence electrons. The van der Waals surface area contributed by atoms with Crippen LogP contribution in [0.25, 0.3) is 0 Å². The van der Waals surface area contributed by atoms with Gasteiger partial charge >= 0.3 is 5.97 Å². The van der Waals surface area contributed by atoms with Crippen molar-refractivity contribution in [2.45, 2.75) is 43.8 Å². The smallest absolute Gasteiger partial charge is 0.341 e. The van der Waals surface area contributed by atoms with Crippen LogP contribution in [0, 0.1) is 0 Å². The van der Waals surface area contributed by atoms with E-state index in [0.29, 0.717) is 0 Å². The third-order valence-electron chi connectivity index (χ3n) is 3.60. The number of methoxy groups -OCH3 is 1. The first-order chi connectivity index (χ1) is 7.21. The van der Waals surface area contributed by atoms with Crippen LogP contribution in [-0.2, 0) is 14.3 Å². The van der Waals surface area contributed by atoms with Gasteiger partial charge in [0.2, 0.25) is 0 Å². The maximum Gasteiger partial charge on any atom is 0.341 e. The standard InChI is InChI=1S/C11H18O3S/c1-3-11(9(12)13-2)10(14-11)5-4-7-15-8-6-10/h3-8H2,1-2H3. The summed E-state index contributed by atoms with van der Waals surface area (Å²) >= 11 is 1.96. The third-order valence-corrected chi connectivity index (χ3v) is 4.67. The van der Waals surface area contributed by atoms with Gasteiger partial charge in [-0.3, -0.25) is 0 Å². The Morgan fingerprint density at radius 2 is 2.27 bits per heavy atom. The molecule has 0 amide bonds. The van der Waals surface area contributed by atoms with Gasteiger partial charge < -0.3 is 9.47 Å². The number of carbonyl (C=O) groups is 1. The Balaban J connectivity index is 2.14. The summed E-state index contributed by atoms with van der Waals surface area (Å²) in [6.45, 7) is 2.00. The first-order valence-electron chi connectivity index (χ1n) is 5.57. The molecule has 0 saturated carbocycles. The topological polar surface area (TPSA) is 38.8 Å². The highest BCUT2D eigenvalue weighted by Gasteiger charge is 2.73. The summed E-state index contributed by atoms with van der Waals surface area (Å²) in [7, 11) is 1.45. The van der Waals surface area contributed by atoms with E-state index in [2.05, 4.69) is 0 Å². The molecule has 1 spiro atoms. The minimum Gasteiger partial charge on any atom is -0.467 e. The van der Waals surface area contributed by atoms with Gasteiger partial charge in [-0.25, -0.2) is 4.79 Å². The predicted molar refractivity (Wildman–Crippen MR) is 60.0 cm³/mol. The van der Waals surface area contributed by atoms with Gasteiger partial charge in [0.05, 0.1) is 7.11 Å². The van der Waals surface area contributed by atoms with Crippen LogP contribution < -0.4 is 0 Å². The number of rotatable bonds is 2. The van der Waals surface area contributed by atoms with Gasteiger partial charge in [0.25, 0.3) is 0 Å². The minimum absolute atomic E-state index is 0.183.